The van der Waals surface area contributed by atoms with E-state index in [1.165, 1.54) is 69.4 Å². The summed E-state index contributed by atoms with van der Waals surface area (Å²) in [5.41, 5.74) is 10.0. The highest BCUT2D eigenvalue weighted by Gasteiger charge is 2.21. The summed E-state index contributed by atoms with van der Waals surface area (Å²) in [6, 6.07) is 67.9. The first kappa shape index (κ1) is 30.0. The predicted octanol–water partition coefficient (Wildman–Crippen LogP) is 15.1. The molecule has 0 bridgehead atoms. The van der Waals surface area contributed by atoms with Gasteiger partial charge >= 0.3 is 0 Å². The van der Waals surface area contributed by atoms with Gasteiger partial charge in [0.05, 0.1) is 10.4 Å². The van der Waals surface area contributed by atoms with Crippen LogP contribution in [-0.2, 0) is 0 Å². The van der Waals surface area contributed by atoms with Crippen LogP contribution < -0.4 is 4.90 Å². The number of furan rings is 1. The number of anilines is 3. The van der Waals surface area contributed by atoms with E-state index in [4.69, 9.17) is 4.42 Å². The Morgan fingerprint density at radius 3 is 1.81 bits per heavy atom. The van der Waals surface area contributed by atoms with Gasteiger partial charge in [0, 0.05) is 37.6 Å². The van der Waals surface area contributed by atoms with Crippen molar-refractivity contribution in [2.24, 2.45) is 0 Å². The largest absolute Gasteiger partial charge is 0.455 e. The van der Waals surface area contributed by atoms with Gasteiger partial charge in [0.25, 0.3) is 0 Å². The molecule has 0 saturated heterocycles. The minimum absolute atomic E-state index is 0.924. The van der Waals surface area contributed by atoms with Crippen molar-refractivity contribution >= 4 is 92.1 Å². The number of benzene rings is 9. The lowest BCUT2D eigenvalue weighted by atomic mass is 10.0. The fourth-order valence-corrected chi connectivity index (χ4v) is 9.28. The van der Waals surface area contributed by atoms with Crippen molar-refractivity contribution in [1.29, 1.82) is 0 Å². The molecule has 0 saturated carbocycles. The number of thiophene rings is 1. The lowest BCUT2D eigenvalue weighted by Crippen LogP contribution is -2.10. The van der Waals surface area contributed by atoms with E-state index < -0.39 is 0 Å². The monoisotopic (exact) mass is 693 g/mol. The molecular formula is C50H31NOS. The third kappa shape index (κ3) is 4.86. The second-order valence-corrected chi connectivity index (χ2v) is 14.7. The quantitative estimate of drug-likeness (QED) is 0.178. The van der Waals surface area contributed by atoms with Gasteiger partial charge in [-0.2, -0.15) is 0 Å². The van der Waals surface area contributed by atoms with E-state index in [9.17, 15) is 0 Å². The molecule has 2 aromatic heterocycles. The summed E-state index contributed by atoms with van der Waals surface area (Å²) < 4.78 is 9.18. The molecule has 9 aromatic carbocycles. The zero-order valence-electron chi connectivity index (χ0n) is 28.7. The van der Waals surface area contributed by atoms with Crippen molar-refractivity contribution in [3.8, 4) is 22.3 Å². The van der Waals surface area contributed by atoms with Gasteiger partial charge in [-0.25, -0.2) is 0 Å². The zero-order chi connectivity index (χ0) is 34.9. The van der Waals surface area contributed by atoms with Gasteiger partial charge in [-0.3, -0.25) is 0 Å². The first-order chi connectivity index (χ1) is 26.3. The minimum atomic E-state index is 0.924. The first-order valence-electron chi connectivity index (χ1n) is 18.0. The Hall–Kier alpha value is -6.68. The van der Waals surface area contributed by atoms with E-state index >= 15 is 0 Å². The highest BCUT2D eigenvalue weighted by atomic mass is 32.1. The summed E-state index contributed by atoms with van der Waals surface area (Å²) >= 11 is 1.83. The van der Waals surface area contributed by atoms with Crippen molar-refractivity contribution in [3.63, 3.8) is 0 Å². The molecule has 0 N–H and O–H groups in total. The Labute approximate surface area is 310 Å². The smallest absolute Gasteiger partial charge is 0.144 e. The number of hydrogen-bond acceptors (Lipinski definition) is 3. The molecule has 248 valence electrons. The van der Waals surface area contributed by atoms with Crippen LogP contribution in [0.15, 0.2) is 192 Å². The van der Waals surface area contributed by atoms with Crippen LogP contribution in [-0.4, -0.2) is 0 Å². The SMILES string of the molecule is c1ccc(-c2ccc(N(c3ccc(-c4ccc5ccccc5c4)cc3)c3cccc4c3sc3ccc5c(oc6ccc7ccccc7c65)c34)cc2)cc1. The van der Waals surface area contributed by atoms with E-state index in [0.29, 0.717) is 0 Å². The second-order valence-electron chi connectivity index (χ2n) is 13.7. The Kier molecular flexibility index (Phi) is 6.76. The molecule has 2 nitrogen and oxygen atoms in total. The van der Waals surface area contributed by atoms with E-state index in [0.717, 1.165) is 33.6 Å². The van der Waals surface area contributed by atoms with Crippen molar-refractivity contribution in [2.45, 2.75) is 0 Å². The highest BCUT2D eigenvalue weighted by Crippen LogP contribution is 2.48. The van der Waals surface area contributed by atoms with Crippen LogP contribution >= 0.6 is 11.3 Å². The first-order valence-corrected chi connectivity index (χ1v) is 18.8. The van der Waals surface area contributed by atoms with E-state index in [1.807, 2.05) is 11.3 Å². The number of fused-ring (bicyclic) bond motifs is 10. The van der Waals surface area contributed by atoms with Crippen LogP contribution in [0.25, 0.3) is 85.9 Å². The fourth-order valence-electron chi connectivity index (χ4n) is 8.08. The molecular weight excluding hydrogens is 663 g/mol. The van der Waals surface area contributed by atoms with Crippen LogP contribution in [0.3, 0.4) is 0 Å². The fraction of sp³-hybridized carbons (Fsp3) is 0. The van der Waals surface area contributed by atoms with Crippen LogP contribution in [0.1, 0.15) is 0 Å². The standard InChI is InChI=1S/C50H31NOS/c1-2-9-32(10-3-1)34-19-24-39(25-20-34)51(40-26-21-35(22-27-40)38-18-17-33-11-4-5-13-37(33)31-38)44-16-8-15-43-48-46(53-50(43)44)30-28-42-47-41-14-7-6-12-36(41)23-29-45(47)52-49(42)48/h1-31H. The molecule has 0 radical (unpaired) electrons. The van der Waals surface area contributed by atoms with E-state index in [1.54, 1.807) is 0 Å². The summed E-state index contributed by atoms with van der Waals surface area (Å²) in [5, 5.41) is 9.67. The third-order valence-corrected chi connectivity index (χ3v) is 11.8. The van der Waals surface area contributed by atoms with Crippen LogP contribution in [0.4, 0.5) is 17.1 Å². The van der Waals surface area contributed by atoms with Gasteiger partial charge in [0.1, 0.15) is 11.2 Å². The van der Waals surface area contributed by atoms with E-state index in [2.05, 4.69) is 193 Å². The summed E-state index contributed by atoms with van der Waals surface area (Å²) in [6.07, 6.45) is 0. The average molecular weight is 694 g/mol. The summed E-state index contributed by atoms with van der Waals surface area (Å²) in [5.74, 6) is 0. The molecule has 11 aromatic rings. The molecule has 2 heterocycles. The zero-order valence-corrected chi connectivity index (χ0v) is 29.5. The molecule has 3 heteroatoms. The lowest BCUT2D eigenvalue weighted by Gasteiger charge is -2.26. The molecule has 0 aliphatic heterocycles. The van der Waals surface area contributed by atoms with Gasteiger partial charge in [-0.1, -0.05) is 133 Å². The molecule has 53 heavy (non-hydrogen) atoms. The molecule has 0 fully saturated rings. The van der Waals surface area contributed by atoms with Gasteiger partial charge < -0.3 is 9.32 Å². The van der Waals surface area contributed by atoms with Gasteiger partial charge in [0.15, 0.2) is 0 Å². The normalized spacial score (nSPS) is 11.8. The van der Waals surface area contributed by atoms with Crippen molar-refractivity contribution in [2.75, 3.05) is 4.90 Å². The highest BCUT2D eigenvalue weighted by molar-refractivity contribution is 7.26. The molecule has 0 aliphatic rings. The Balaban J connectivity index is 1.10. The molecule has 0 spiro atoms. The summed E-state index contributed by atoms with van der Waals surface area (Å²) in [6.45, 7) is 0. The second kappa shape index (κ2) is 11.9. The lowest BCUT2D eigenvalue weighted by molar-refractivity contribution is 0.673. The van der Waals surface area contributed by atoms with Crippen molar-refractivity contribution in [3.05, 3.63) is 188 Å². The molecule has 0 unspecified atom stereocenters. The van der Waals surface area contributed by atoms with E-state index in [-0.39, 0.29) is 0 Å². The Morgan fingerprint density at radius 2 is 1.02 bits per heavy atom. The third-order valence-electron chi connectivity index (χ3n) is 10.6. The van der Waals surface area contributed by atoms with Crippen LogP contribution in [0.5, 0.6) is 0 Å². The minimum Gasteiger partial charge on any atom is -0.455 e. The molecule has 0 atom stereocenters. The summed E-state index contributed by atoms with van der Waals surface area (Å²) in [4.78, 5) is 2.40. The molecule has 0 amide bonds. The number of hydrogen-bond donors (Lipinski definition) is 0. The molecule has 11 rings (SSSR count). The predicted molar refractivity (Wildman–Crippen MR) is 227 cm³/mol. The van der Waals surface area contributed by atoms with Gasteiger partial charge in [-0.15, -0.1) is 11.3 Å². The maximum Gasteiger partial charge on any atom is 0.144 e. The topological polar surface area (TPSA) is 16.4 Å². The Bertz CT molecular complexity index is 3150. The maximum atomic E-state index is 6.74. The summed E-state index contributed by atoms with van der Waals surface area (Å²) in [7, 11) is 0. The van der Waals surface area contributed by atoms with Crippen LogP contribution in [0.2, 0.25) is 0 Å². The van der Waals surface area contributed by atoms with Crippen LogP contribution in [0, 0.1) is 0 Å². The average Bonchev–Trinajstić information content (AvgIpc) is 3.81. The molecule has 0 aliphatic carbocycles. The van der Waals surface area contributed by atoms with Crippen molar-refractivity contribution in [1.82, 2.24) is 0 Å². The Morgan fingerprint density at radius 1 is 0.396 bits per heavy atom. The van der Waals surface area contributed by atoms with Gasteiger partial charge in [0.2, 0.25) is 0 Å². The number of rotatable bonds is 5. The number of nitrogens with zero attached hydrogens (tertiary/aromatic N) is 1. The maximum absolute atomic E-state index is 6.74. The van der Waals surface area contributed by atoms with Crippen molar-refractivity contribution < 1.29 is 4.42 Å². The van der Waals surface area contributed by atoms with Gasteiger partial charge in [-0.05, 0) is 98.4 Å².